The molecule has 1 aromatic rings. The van der Waals surface area contributed by atoms with E-state index in [1.165, 1.54) is 0 Å². The van der Waals surface area contributed by atoms with Crippen LogP contribution < -0.4 is 0 Å². The highest BCUT2D eigenvalue weighted by Crippen LogP contribution is 2.30. The first kappa shape index (κ1) is 18.1. The van der Waals surface area contributed by atoms with Gasteiger partial charge in [-0.25, -0.2) is 17.6 Å². The van der Waals surface area contributed by atoms with Crippen molar-refractivity contribution in [1.82, 2.24) is 0 Å². The predicted molar refractivity (Wildman–Crippen MR) is 65.8 cm³/mol. The minimum Gasteiger partial charge on any atom is -0.468 e. The lowest BCUT2D eigenvalue weighted by atomic mass is 9.96. The van der Waals surface area contributed by atoms with E-state index in [1.54, 1.807) is 0 Å². The summed E-state index contributed by atoms with van der Waals surface area (Å²) in [5, 5.41) is 0. The van der Waals surface area contributed by atoms with Crippen LogP contribution in [0.3, 0.4) is 0 Å². The van der Waals surface area contributed by atoms with Crippen molar-refractivity contribution in [2.75, 3.05) is 14.2 Å². The first-order chi connectivity index (χ1) is 10.2. The fourth-order valence-electron chi connectivity index (χ4n) is 1.51. The molecule has 0 spiro atoms. The molecule has 5 nitrogen and oxygen atoms in total. The number of hydrogen-bond donors (Lipinski definition) is 0. The summed E-state index contributed by atoms with van der Waals surface area (Å²) in [6.45, 7) is 0. The zero-order valence-electron chi connectivity index (χ0n) is 11.0. The van der Waals surface area contributed by atoms with Crippen molar-refractivity contribution in [2.24, 2.45) is 5.92 Å². The fourth-order valence-corrected chi connectivity index (χ4v) is 2.06. The molecule has 10 heteroatoms. The SMILES string of the molecule is COC(=O)C(C(=O)OC)C(=O)c1c(F)c(F)c(F)c(F)c1Br. The topological polar surface area (TPSA) is 69.7 Å². The van der Waals surface area contributed by atoms with Crippen molar-refractivity contribution in [1.29, 1.82) is 0 Å². The summed E-state index contributed by atoms with van der Waals surface area (Å²) in [6, 6.07) is 0. The summed E-state index contributed by atoms with van der Waals surface area (Å²) in [7, 11) is 1.64. The average Bonchev–Trinajstić information content (AvgIpc) is 2.50. The first-order valence-corrected chi connectivity index (χ1v) is 6.19. The molecule has 0 atom stereocenters. The molecule has 0 aliphatic carbocycles. The maximum atomic E-state index is 13.7. The normalized spacial score (nSPS) is 10.5. The first-order valence-electron chi connectivity index (χ1n) is 5.40. The molecular formula is C12H7BrF4O5. The van der Waals surface area contributed by atoms with E-state index in [9.17, 15) is 31.9 Å². The number of halogens is 5. The van der Waals surface area contributed by atoms with Crippen LogP contribution in [-0.2, 0) is 19.1 Å². The van der Waals surface area contributed by atoms with E-state index in [2.05, 4.69) is 25.4 Å². The molecule has 0 saturated heterocycles. The van der Waals surface area contributed by atoms with Crippen LogP contribution in [0.25, 0.3) is 0 Å². The molecule has 0 aliphatic rings. The van der Waals surface area contributed by atoms with Crippen molar-refractivity contribution >= 4 is 33.7 Å². The highest BCUT2D eigenvalue weighted by atomic mass is 79.9. The number of carbonyl (C=O) groups excluding carboxylic acids is 3. The van der Waals surface area contributed by atoms with Crippen molar-refractivity contribution in [3.05, 3.63) is 33.3 Å². The lowest BCUT2D eigenvalue weighted by Crippen LogP contribution is -2.35. The van der Waals surface area contributed by atoms with Gasteiger partial charge in [0.05, 0.1) is 24.3 Å². The molecule has 0 radical (unpaired) electrons. The molecule has 1 rings (SSSR count). The zero-order chi connectivity index (χ0) is 17.2. The molecule has 0 aromatic heterocycles. The molecule has 120 valence electrons. The Labute approximate surface area is 129 Å². The van der Waals surface area contributed by atoms with E-state index < -0.39 is 56.9 Å². The number of ether oxygens (including phenoxy) is 2. The highest BCUT2D eigenvalue weighted by Gasteiger charge is 2.41. The van der Waals surface area contributed by atoms with Crippen LogP contribution >= 0.6 is 15.9 Å². The summed E-state index contributed by atoms with van der Waals surface area (Å²) < 4.78 is 60.7. The molecule has 0 amide bonds. The molecule has 0 fully saturated rings. The van der Waals surface area contributed by atoms with Crippen molar-refractivity contribution < 1.29 is 41.4 Å². The Morgan fingerprint density at radius 1 is 0.864 bits per heavy atom. The Kier molecular flexibility index (Phi) is 5.64. The Balaban J connectivity index is 3.56. The fraction of sp³-hybridized carbons (Fsp3) is 0.250. The monoisotopic (exact) mass is 386 g/mol. The van der Waals surface area contributed by atoms with Gasteiger partial charge in [0, 0.05) is 0 Å². The third-order valence-corrected chi connectivity index (χ3v) is 3.34. The molecule has 0 N–H and O–H groups in total. The van der Waals surface area contributed by atoms with Crippen LogP contribution in [0.5, 0.6) is 0 Å². The molecule has 0 heterocycles. The number of rotatable bonds is 4. The van der Waals surface area contributed by atoms with E-state index in [4.69, 9.17) is 0 Å². The highest BCUT2D eigenvalue weighted by molar-refractivity contribution is 9.10. The lowest BCUT2D eigenvalue weighted by molar-refractivity contribution is -0.155. The molecule has 0 saturated carbocycles. The van der Waals surface area contributed by atoms with E-state index >= 15 is 0 Å². The Bertz CT molecular complexity index is 616. The van der Waals surface area contributed by atoms with Gasteiger partial charge in [-0.05, 0) is 15.9 Å². The van der Waals surface area contributed by atoms with E-state index in [0.29, 0.717) is 0 Å². The van der Waals surface area contributed by atoms with Gasteiger partial charge >= 0.3 is 11.9 Å². The van der Waals surface area contributed by atoms with Crippen LogP contribution in [0.2, 0.25) is 0 Å². The Hall–Kier alpha value is -1.97. The van der Waals surface area contributed by atoms with Gasteiger partial charge in [0.2, 0.25) is 5.92 Å². The van der Waals surface area contributed by atoms with Gasteiger partial charge in [0.25, 0.3) is 0 Å². The minimum atomic E-state index is -2.31. The number of carbonyl (C=O) groups is 3. The van der Waals surface area contributed by atoms with Gasteiger partial charge in [-0.15, -0.1) is 0 Å². The predicted octanol–water partition coefficient (Wildman–Crippen LogP) is 2.15. The summed E-state index contributed by atoms with van der Waals surface area (Å²) in [5.41, 5.74) is -1.35. The second-order valence-electron chi connectivity index (χ2n) is 3.79. The van der Waals surface area contributed by atoms with Crippen molar-refractivity contribution in [2.45, 2.75) is 0 Å². The summed E-state index contributed by atoms with van der Waals surface area (Å²) >= 11 is 2.38. The Morgan fingerprint density at radius 2 is 1.27 bits per heavy atom. The van der Waals surface area contributed by atoms with E-state index in [0.717, 1.165) is 14.2 Å². The third kappa shape index (κ3) is 2.96. The molecule has 0 aliphatic heterocycles. The van der Waals surface area contributed by atoms with Gasteiger partial charge in [-0.2, -0.15) is 0 Å². The Morgan fingerprint density at radius 3 is 1.68 bits per heavy atom. The zero-order valence-corrected chi connectivity index (χ0v) is 12.6. The van der Waals surface area contributed by atoms with E-state index in [-0.39, 0.29) is 0 Å². The quantitative estimate of drug-likeness (QED) is 0.198. The van der Waals surface area contributed by atoms with Gasteiger partial charge < -0.3 is 9.47 Å². The van der Waals surface area contributed by atoms with E-state index in [1.807, 2.05) is 0 Å². The number of benzene rings is 1. The van der Waals surface area contributed by atoms with Crippen molar-refractivity contribution in [3.63, 3.8) is 0 Å². The van der Waals surface area contributed by atoms with Gasteiger partial charge in [-0.3, -0.25) is 14.4 Å². The number of ketones is 1. The van der Waals surface area contributed by atoms with Gasteiger partial charge in [0.1, 0.15) is 0 Å². The average molecular weight is 387 g/mol. The van der Waals surface area contributed by atoms with Crippen LogP contribution in [-0.4, -0.2) is 31.9 Å². The van der Waals surface area contributed by atoms with Crippen LogP contribution in [0, 0.1) is 29.2 Å². The molecule has 22 heavy (non-hydrogen) atoms. The standard InChI is InChI=1S/C12H7BrF4O5/c1-21-11(19)4(12(20)22-2)10(18)3-5(13)7(15)9(17)8(16)6(3)14/h4H,1-2H3. The maximum Gasteiger partial charge on any atom is 0.328 e. The largest absolute Gasteiger partial charge is 0.468 e. The summed E-state index contributed by atoms with van der Waals surface area (Å²) in [4.78, 5) is 35.0. The number of methoxy groups -OCH3 is 2. The molecule has 1 aromatic carbocycles. The third-order valence-electron chi connectivity index (χ3n) is 2.59. The lowest BCUT2D eigenvalue weighted by Gasteiger charge is -2.14. The second-order valence-corrected chi connectivity index (χ2v) is 4.58. The van der Waals surface area contributed by atoms with Crippen LogP contribution in [0.15, 0.2) is 4.47 Å². The molecule has 0 unspecified atom stereocenters. The number of Topliss-reactive ketones (excluding diaryl/α,β-unsaturated/α-hetero) is 1. The van der Waals surface area contributed by atoms with Crippen LogP contribution in [0.1, 0.15) is 10.4 Å². The molecule has 0 bridgehead atoms. The maximum absolute atomic E-state index is 13.7. The molecular weight excluding hydrogens is 380 g/mol. The van der Waals surface area contributed by atoms with Gasteiger partial charge in [0.15, 0.2) is 29.1 Å². The number of esters is 2. The smallest absolute Gasteiger partial charge is 0.328 e. The summed E-state index contributed by atoms with van der Waals surface area (Å²) in [5.74, 6) is -15.2. The number of hydrogen-bond acceptors (Lipinski definition) is 5. The van der Waals surface area contributed by atoms with Crippen LogP contribution in [0.4, 0.5) is 17.6 Å². The summed E-state index contributed by atoms with van der Waals surface area (Å²) in [6.07, 6.45) is 0. The van der Waals surface area contributed by atoms with Gasteiger partial charge in [-0.1, -0.05) is 0 Å². The minimum absolute atomic E-state index is 0.822. The second kappa shape index (κ2) is 6.86. The van der Waals surface area contributed by atoms with Crippen molar-refractivity contribution in [3.8, 4) is 0 Å².